The minimum Gasteiger partial charge on any atom is -0.497 e. The van der Waals surface area contributed by atoms with Crippen LogP contribution in [-0.2, 0) is 0 Å². The largest absolute Gasteiger partial charge is 0.497 e. The highest BCUT2D eigenvalue weighted by Crippen LogP contribution is 2.27. The van der Waals surface area contributed by atoms with Gasteiger partial charge in [-0.2, -0.15) is 4.98 Å². The molecule has 26 heavy (non-hydrogen) atoms. The second-order valence-corrected chi connectivity index (χ2v) is 5.79. The Hall–Kier alpha value is -3.49. The van der Waals surface area contributed by atoms with Crippen molar-refractivity contribution < 1.29 is 14.1 Å². The Morgan fingerprint density at radius 3 is 2.81 bits per heavy atom. The normalized spacial score (nSPS) is 14.0. The lowest BCUT2D eigenvalue weighted by molar-refractivity contribution is 0.147. The fraction of sp³-hybridized carbons (Fsp3) is 0.235. The van der Waals surface area contributed by atoms with E-state index in [1.54, 1.807) is 36.5 Å². The monoisotopic (exact) mass is 352 g/mol. The molecule has 0 unspecified atom stereocenters. The smallest absolute Gasteiger partial charge is 0.321 e. The lowest BCUT2D eigenvalue weighted by Crippen LogP contribution is -2.50. The number of carbonyl (C=O) groups excluding carboxylic acids is 1. The molecule has 3 heterocycles. The number of likely N-dealkylation sites (tertiary alicyclic amines) is 1. The molecular formula is C17H16N6O3. The van der Waals surface area contributed by atoms with Crippen LogP contribution in [0.15, 0.2) is 47.2 Å². The van der Waals surface area contributed by atoms with E-state index in [0.717, 1.165) is 0 Å². The van der Waals surface area contributed by atoms with Crippen LogP contribution < -0.4 is 10.1 Å². The molecule has 2 aromatic heterocycles. The van der Waals surface area contributed by atoms with Gasteiger partial charge >= 0.3 is 6.03 Å². The predicted octanol–water partition coefficient (Wildman–Crippen LogP) is 2.17. The van der Waals surface area contributed by atoms with Crippen molar-refractivity contribution >= 4 is 11.7 Å². The molecular weight excluding hydrogens is 336 g/mol. The number of carbonyl (C=O) groups is 1. The van der Waals surface area contributed by atoms with Crippen LogP contribution in [0.2, 0.25) is 0 Å². The lowest BCUT2D eigenvalue weighted by Gasteiger charge is -2.36. The average molecular weight is 352 g/mol. The van der Waals surface area contributed by atoms with Crippen molar-refractivity contribution in [3.63, 3.8) is 0 Å². The van der Waals surface area contributed by atoms with Gasteiger partial charge in [0.25, 0.3) is 0 Å². The van der Waals surface area contributed by atoms with Crippen molar-refractivity contribution in [2.75, 3.05) is 25.5 Å². The molecule has 1 N–H and O–H groups in total. The second-order valence-electron chi connectivity index (χ2n) is 5.79. The van der Waals surface area contributed by atoms with Crippen LogP contribution in [0.1, 0.15) is 11.8 Å². The van der Waals surface area contributed by atoms with Crippen molar-refractivity contribution in [1.82, 2.24) is 25.0 Å². The van der Waals surface area contributed by atoms with Crippen molar-refractivity contribution in [2.24, 2.45) is 0 Å². The number of benzene rings is 1. The van der Waals surface area contributed by atoms with Crippen LogP contribution >= 0.6 is 0 Å². The molecule has 9 heteroatoms. The van der Waals surface area contributed by atoms with Gasteiger partial charge < -0.3 is 19.5 Å². The third-order valence-electron chi connectivity index (χ3n) is 4.05. The number of methoxy groups -OCH3 is 1. The second kappa shape index (κ2) is 6.79. The number of hydrogen-bond donors (Lipinski definition) is 1. The van der Waals surface area contributed by atoms with Crippen molar-refractivity contribution in [2.45, 2.75) is 5.92 Å². The van der Waals surface area contributed by atoms with E-state index in [1.807, 2.05) is 18.2 Å². The SMILES string of the molecule is COc1cccc(NC(=O)N2CC(c3nc(-c4ncccn4)no3)C2)c1. The van der Waals surface area contributed by atoms with Crippen LogP contribution in [0.4, 0.5) is 10.5 Å². The fourth-order valence-corrected chi connectivity index (χ4v) is 2.61. The summed E-state index contributed by atoms with van der Waals surface area (Å²) >= 11 is 0. The molecule has 132 valence electrons. The van der Waals surface area contributed by atoms with E-state index < -0.39 is 0 Å². The lowest BCUT2D eigenvalue weighted by atomic mass is 10.0. The van der Waals surface area contributed by atoms with E-state index in [2.05, 4.69) is 25.4 Å². The number of urea groups is 1. The van der Waals surface area contributed by atoms with Crippen LogP contribution in [0, 0.1) is 0 Å². The van der Waals surface area contributed by atoms with Gasteiger partial charge in [0.05, 0.1) is 13.0 Å². The summed E-state index contributed by atoms with van der Waals surface area (Å²) in [7, 11) is 1.58. The van der Waals surface area contributed by atoms with Crippen LogP contribution in [0.3, 0.4) is 0 Å². The Labute approximate surface area is 149 Å². The molecule has 9 nitrogen and oxygen atoms in total. The third-order valence-corrected chi connectivity index (χ3v) is 4.05. The predicted molar refractivity (Wildman–Crippen MR) is 91.7 cm³/mol. The quantitative estimate of drug-likeness (QED) is 0.767. The van der Waals surface area contributed by atoms with E-state index in [0.29, 0.717) is 42.1 Å². The van der Waals surface area contributed by atoms with Crippen molar-refractivity contribution in [3.05, 3.63) is 48.6 Å². The van der Waals surface area contributed by atoms with E-state index >= 15 is 0 Å². The summed E-state index contributed by atoms with van der Waals surface area (Å²) in [6, 6.07) is 8.74. The zero-order valence-electron chi connectivity index (χ0n) is 14.0. The van der Waals surface area contributed by atoms with E-state index in [4.69, 9.17) is 9.26 Å². The number of anilines is 1. The maximum atomic E-state index is 12.3. The zero-order valence-corrected chi connectivity index (χ0v) is 14.0. The number of amides is 2. The number of nitrogens with zero attached hydrogens (tertiary/aromatic N) is 5. The van der Waals surface area contributed by atoms with Gasteiger partial charge in [-0.15, -0.1) is 0 Å². The highest BCUT2D eigenvalue weighted by molar-refractivity contribution is 5.90. The summed E-state index contributed by atoms with van der Waals surface area (Å²) in [6.07, 6.45) is 3.23. The molecule has 4 rings (SSSR count). The van der Waals surface area contributed by atoms with Gasteiger partial charge in [0.2, 0.25) is 17.5 Å². The number of rotatable bonds is 4. The molecule has 0 atom stereocenters. The van der Waals surface area contributed by atoms with Crippen LogP contribution in [-0.4, -0.2) is 51.2 Å². The fourth-order valence-electron chi connectivity index (χ4n) is 2.61. The molecule has 2 amide bonds. The first-order valence-corrected chi connectivity index (χ1v) is 8.04. The Bertz CT molecular complexity index is 908. The van der Waals surface area contributed by atoms with Gasteiger partial charge in [-0.3, -0.25) is 0 Å². The Morgan fingerprint density at radius 2 is 2.04 bits per heavy atom. The summed E-state index contributed by atoms with van der Waals surface area (Å²) in [4.78, 5) is 26.5. The van der Waals surface area contributed by atoms with Gasteiger partial charge in [0.15, 0.2) is 0 Å². The summed E-state index contributed by atoms with van der Waals surface area (Å²) in [5.74, 6) is 1.94. The topological polar surface area (TPSA) is 106 Å². The highest BCUT2D eigenvalue weighted by Gasteiger charge is 2.36. The summed E-state index contributed by atoms with van der Waals surface area (Å²) in [5.41, 5.74) is 0.680. The molecule has 0 saturated carbocycles. The molecule has 0 bridgehead atoms. The first-order valence-electron chi connectivity index (χ1n) is 8.04. The van der Waals surface area contributed by atoms with Crippen LogP contribution in [0.5, 0.6) is 5.75 Å². The molecule has 1 fully saturated rings. The Morgan fingerprint density at radius 1 is 1.23 bits per heavy atom. The minimum atomic E-state index is -0.180. The summed E-state index contributed by atoms with van der Waals surface area (Å²) < 4.78 is 10.4. The average Bonchev–Trinajstić information content (AvgIpc) is 3.11. The highest BCUT2D eigenvalue weighted by atomic mass is 16.5. The van der Waals surface area contributed by atoms with Crippen molar-refractivity contribution in [1.29, 1.82) is 0 Å². The molecule has 0 spiro atoms. The van der Waals surface area contributed by atoms with E-state index in [1.165, 1.54) is 0 Å². The summed E-state index contributed by atoms with van der Waals surface area (Å²) in [6.45, 7) is 1.01. The first kappa shape index (κ1) is 16.0. The summed E-state index contributed by atoms with van der Waals surface area (Å²) in [5, 5.41) is 6.74. The molecule has 1 aromatic carbocycles. The zero-order chi connectivity index (χ0) is 17.9. The molecule has 0 radical (unpaired) electrons. The van der Waals surface area contributed by atoms with Gasteiger partial charge in [-0.05, 0) is 18.2 Å². The number of nitrogens with one attached hydrogen (secondary N) is 1. The standard InChI is InChI=1S/C17H16N6O3/c1-25-13-5-2-4-12(8-13)20-17(24)23-9-11(10-23)16-21-15(22-26-16)14-18-6-3-7-19-14/h2-8,11H,9-10H2,1H3,(H,20,24). The van der Waals surface area contributed by atoms with E-state index in [-0.39, 0.29) is 11.9 Å². The molecule has 1 saturated heterocycles. The van der Waals surface area contributed by atoms with Crippen molar-refractivity contribution in [3.8, 4) is 17.4 Å². The molecule has 3 aromatic rings. The first-order chi connectivity index (χ1) is 12.7. The van der Waals surface area contributed by atoms with E-state index in [9.17, 15) is 4.79 Å². The van der Waals surface area contributed by atoms with Gasteiger partial charge in [-0.1, -0.05) is 11.2 Å². The maximum absolute atomic E-state index is 12.3. The Kier molecular flexibility index (Phi) is 4.18. The number of aromatic nitrogens is 4. The molecule has 1 aliphatic rings. The molecule has 1 aliphatic heterocycles. The number of ether oxygens (including phenoxy) is 1. The van der Waals surface area contributed by atoms with Gasteiger partial charge in [-0.25, -0.2) is 14.8 Å². The Balaban J connectivity index is 1.35. The third kappa shape index (κ3) is 3.18. The minimum absolute atomic E-state index is 0.0102. The molecule has 0 aliphatic carbocycles. The maximum Gasteiger partial charge on any atom is 0.321 e. The van der Waals surface area contributed by atoms with Crippen LogP contribution in [0.25, 0.3) is 11.6 Å². The van der Waals surface area contributed by atoms with Gasteiger partial charge in [0, 0.05) is 37.2 Å². The van der Waals surface area contributed by atoms with Gasteiger partial charge in [0.1, 0.15) is 5.75 Å². The number of hydrogen-bond acceptors (Lipinski definition) is 7.